The van der Waals surface area contributed by atoms with Gasteiger partial charge in [0, 0.05) is 16.8 Å². The average molecular weight is 383 g/mol. The van der Waals surface area contributed by atoms with Gasteiger partial charge in [-0.3, -0.25) is 9.59 Å². The van der Waals surface area contributed by atoms with E-state index in [9.17, 15) is 14.0 Å². The third-order valence-electron chi connectivity index (χ3n) is 4.55. The van der Waals surface area contributed by atoms with E-state index in [1.54, 1.807) is 18.3 Å². The average Bonchev–Trinajstić information content (AvgIpc) is 3.35. The van der Waals surface area contributed by atoms with Crippen LogP contribution in [0.2, 0.25) is 0 Å². The fraction of sp³-hybridized carbons (Fsp3) is 0.400. The first kappa shape index (κ1) is 18.3. The molecule has 0 spiro atoms. The maximum atomic E-state index is 13.3. The Balaban J connectivity index is 1.84. The highest BCUT2D eigenvalue weighted by atomic mass is 19.1. The van der Waals surface area contributed by atoms with E-state index in [-0.39, 0.29) is 24.2 Å². The maximum absolute atomic E-state index is 13.3. The largest absolute Gasteiger partial charge is 0.350 e. The van der Waals surface area contributed by atoms with Crippen molar-refractivity contribution in [2.24, 2.45) is 0 Å². The first-order valence-electron chi connectivity index (χ1n) is 9.28. The van der Waals surface area contributed by atoms with Crippen LogP contribution in [0.15, 0.2) is 35.3 Å². The predicted molar refractivity (Wildman–Crippen MR) is 103 cm³/mol. The van der Waals surface area contributed by atoms with Crippen molar-refractivity contribution in [2.75, 3.05) is 0 Å². The molecule has 0 bridgehead atoms. The van der Waals surface area contributed by atoms with Crippen LogP contribution < -0.4 is 10.9 Å². The Bertz CT molecular complexity index is 1100. The molecule has 146 valence electrons. The van der Waals surface area contributed by atoms with Crippen molar-refractivity contribution in [1.29, 1.82) is 0 Å². The zero-order valence-corrected chi connectivity index (χ0v) is 16.1. The summed E-state index contributed by atoms with van der Waals surface area (Å²) in [5, 5.41) is 12.4. The van der Waals surface area contributed by atoms with Crippen molar-refractivity contribution in [3.8, 4) is 5.69 Å². The Morgan fingerprint density at radius 3 is 2.54 bits per heavy atom. The molecule has 1 N–H and O–H groups in total. The molecule has 1 saturated carbocycles. The summed E-state index contributed by atoms with van der Waals surface area (Å²) >= 11 is 0. The van der Waals surface area contributed by atoms with Crippen molar-refractivity contribution in [3.05, 3.63) is 52.3 Å². The quantitative estimate of drug-likeness (QED) is 0.751. The summed E-state index contributed by atoms with van der Waals surface area (Å²) in [7, 11) is 0. The molecular formula is C20H22FN5O2. The topological polar surface area (TPSA) is 81.8 Å². The molecule has 1 aliphatic rings. The Morgan fingerprint density at radius 2 is 1.93 bits per heavy atom. The zero-order valence-electron chi connectivity index (χ0n) is 16.1. The highest BCUT2D eigenvalue weighted by Gasteiger charge is 2.30. The predicted octanol–water partition coefficient (Wildman–Crippen LogP) is 2.51. The van der Waals surface area contributed by atoms with Gasteiger partial charge in [0.25, 0.3) is 5.56 Å². The molecule has 4 rings (SSSR count). The van der Waals surface area contributed by atoms with Gasteiger partial charge in [-0.1, -0.05) is 0 Å². The molecule has 0 unspecified atom stereocenters. The van der Waals surface area contributed by atoms with E-state index in [1.165, 1.54) is 21.5 Å². The number of carbonyl (C=O) groups is 1. The summed E-state index contributed by atoms with van der Waals surface area (Å²) < 4.78 is 16.0. The van der Waals surface area contributed by atoms with Gasteiger partial charge in [-0.25, -0.2) is 13.8 Å². The second-order valence-corrected chi connectivity index (χ2v) is 8.22. The Morgan fingerprint density at radius 1 is 1.25 bits per heavy atom. The molecule has 3 aromatic rings. The van der Waals surface area contributed by atoms with Crippen molar-refractivity contribution in [2.45, 2.75) is 51.6 Å². The molecule has 28 heavy (non-hydrogen) atoms. The van der Waals surface area contributed by atoms with E-state index in [0.29, 0.717) is 16.6 Å². The van der Waals surface area contributed by atoms with Gasteiger partial charge in [0.1, 0.15) is 17.9 Å². The number of aromatic nitrogens is 4. The van der Waals surface area contributed by atoms with Gasteiger partial charge < -0.3 is 5.32 Å². The Kier molecular flexibility index (Phi) is 4.28. The third kappa shape index (κ3) is 3.54. The minimum atomic E-state index is -0.403. The summed E-state index contributed by atoms with van der Waals surface area (Å²) in [6, 6.07) is 5.77. The molecular weight excluding hydrogens is 361 g/mol. The molecule has 8 heteroatoms. The highest BCUT2D eigenvalue weighted by Crippen LogP contribution is 2.41. The molecule has 7 nitrogen and oxygen atoms in total. The van der Waals surface area contributed by atoms with E-state index in [0.717, 1.165) is 18.5 Å². The molecule has 0 saturated heterocycles. The van der Waals surface area contributed by atoms with Crippen LogP contribution in [0.25, 0.3) is 16.6 Å². The van der Waals surface area contributed by atoms with Crippen LogP contribution in [0.1, 0.15) is 45.2 Å². The molecule has 1 aliphatic carbocycles. The van der Waals surface area contributed by atoms with Crippen LogP contribution in [0.3, 0.4) is 0 Å². The van der Waals surface area contributed by atoms with Crippen molar-refractivity contribution in [3.63, 3.8) is 0 Å². The monoisotopic (exact) mass is 383 g/mol. The number of benzene rings is 1. The van der Waals surface area contributed by atoms with Crippen LogP contribution in [0, 0.1) is 5.82 Å². The summed E-state index contributed by atoms with van der Waals surface area (Å²) in [4.78, 5) is 25.5. The van der Waals surface area contributed by atoms with Crippen LogP contribution in [-0.4, -0.2) is 31.0 Å². The first-order chi connectivity index (χ1) is 13.2. The highest BCUT2D eigenvalue weighted by molar-refractivity contribution is 5.83. The smallest absolute Gasteiger partial charge is 0.293 e. The Labute approximate surface area is 161 Å². The van der Waals surface area contributed by atoms with Gasteiger partial charge in [-0.05, 0) is 57.9 Å². The van der Waals surface area contributed by atoms with Gasteiger partial charge in [0.2, 0.25) is 5.91 Å². The van der Waals surface area contributed by atoms with Crippen molar-refractivity contribution in [1.82, 2.24) is 24.9 Å². The number of nitrogens with zero attached hydrogens (tertiary/aromatic N) is 4. The molecule has 2 aromatic heterocycles. The molecule has 1 aromatic carbocycles. The van der Waals surface area contributed by atoms with E-state index in [1.807, 2.05) is 20.8 Å². The van der Waals surface area contributed by atoms with Crippen LogP contribution >= 0.6 is 0 Å². The van der Waals surface area contributed by atoms with Gasteiger partial charge in [-0.2, -0.15) is 10.2 Å². The number of fused-ring (bicyclic) bond motifs is 1. The summed E-state index contributed by atoms with van der Waals surface area (Å²) in [6.07, 6.45) is 3.62. The summed E-state index contributed by atoms with van der Waals surface area (Å²) in [5.41, 5.74) is 0.913. The lowest BCUT2D eigenvalue weighted by molar-refractivity contribution is -0.123. The standard InChI is InChI=1S/C20H22FN5O2/c1-20(2,3)23-16(27)11-25-19(28)18-15(17(24-25)12-4-5-12)10-22-26(18)14-8-6-13(21)7-9-14/h6-10,12H,4-5,11H2,1-3H3,(H,23,27). The minimum Gasteiger partial charge on any atom is -0.350 e. The van der Waals surface area contributed by atoms with E-state index in [4.69, 9.17) is 0 Å². The van der Waals surface area contributed by atoms with Gasteiger partial charge in [0.15, 0.2) is 0 Å². The van der Waals surface area contributed by atoms with Crippen LogP contribution in [-0.2, 0) is 11.3 Å². The number of halogens is 1. The number of rotatable bonds is 4. The van der Waals surface area contributed by atoms with Crippen molar-refractivity contribution < 1.29 is 9.18 Å². The minimum absolute atomic E-state index is 0.166. The SMILES string of the molecule is CC(C)(C)NC(=O)Cn1nc(C2CC2)c2cnn(-c3ccc(F)cc3)c2c1=O. The van der Waals surface area contributed by atoms with Crippen molar-refractivity contribution >= 4 is 16.8 Å². The lowest BCUT2D eigenvalue weighted by Crippen LogP contribution is -2.44. The molecule has 1 amide bonds. The lowest BCUT2D eigenvalue weighted by atomic mass is 10.1. The normalized spacial score (nSPS) is 14.4. The van der Waals surface area contributed by atoms with Gasteiger partial charge >= 0.3 is 0 Å². The molecule has 0 radical (unpaired) electrons. The van der Waals surface area contributed by atoms with E-state index < -0.39 is 11.1 Å². The van der Waals surface area contributed by atoms with Crippen LogP contribution in [0.5, 0.6) is 0 Å². The maximum Gasteiger partial charge on any atom is 0.293 e. The summed E-state index contributed by atoms with van der Waals surface area (Å²) in [5.74, 6) is -0.376. The fourth-order valence-electron chi connectivity index (χ4n) is 3.23. The molecule has 0 aliphatic heterocycles. The number of hydrogen-bond acceptors (Lipinski definition) is 4. The van der Waals surface area contributed by atoms with Gasteiger partial charge in [-0.15, -0.1) is 0 Å². The number of hydrogen-bond donors (Lipinski definition) is 1. The number of amides is 1. The number of carbonyl (C=O) groups excluding carboxylic acids is 1. The van der Waals surface area contributed by atoms with Crippen LogP contribution in [0.4, 0.5) is 4.39 Å². The zero-order chi connectivity index (χ0) is 20.1. The fourth-order valence-corrected chi connectivity index (χ4v) is 3.23. The second kappa shape index (κ2) is 6.54. The number of nitrogens with one attached hydrogen (secondary N) is 1. The third-order valence-corrected chi connectivity index (χ3v) is 4.55. The molecule has 1 fully saturated rings. The summed E-state index contributed by atoms with van der Waals surface area (Å²) in [6.45, 7) is 5.47. The molecule has 2 heterocycles. The lowest BCUT2D eigenvalue weighted by Gasteiger charge is -2.20. The van der Waals surface area contributed by atoms with E-state index in [2.05, 4.69) is 15.5 Å². The second-order valence-electron chi connectivity index (χ2n) is 8.22. The first-order valence-corrected chi connectivity index (χ1v) is 9.28. The Hall–Kier alpha value is -3.03. The van der Waals surface area contributed by atoms with E-state index >= 15 is 0 Å². The van der Waals surface area contributed by atoms with Gasteiger partial charge in [0.05, 0.1) is 17.6 Å². The molecule has 0 atom stereocenters.